The van der Waals surface area contributed by atoms with Crippen molar-refractivity contribution in [3.63, 3.8) is 0 Å². The number of alkyl halides is 1. The van der Waals surface area contributed by atoms with Crippen LogP contribution < -0.4 is 0 Å². The van der Waals surface area contributed by atoms with Crippen molar-refractivity contribution < 1.29 is 18.8 Å². The molecule has 0 spiro atoms. The van der Waals surface area contributed by atoms with Crippen molar-refractivity contribution in [2.75, 3.05) is 7.11 Å². The quantitative estimate of drug-likeness (QED) is 0.0754. The van der Waals surface area contributed by atoms with E-state index in [1.54, 1.807) is 0 Å². The van der Waals surface area contributed by atoms with Crippen LogP contribution in [0, 0.1) is 5.92 Å². The van der Waals surface area contributed by atoms with Crippen molar-refractivity contribution in [2.45, 2.75) is 108 Å². The highest BCUT2D eigenvalue weighted by molar-refractivity contribution is 6.74. The zero-order valence-corrected chi connectivity index (χ0v) is 24.7. The topological polar surface area (TPSA) is 52.6 Å². The summed E-state index contributed by atoms with van der Waals surface area (Å²) >= 11 is 6.98. The third kappa shape index (κ3) is 7.77. The van der Waals surface area contributed by atoms with E-state index in [-0.39, 0.29) is 34.3 Å². The summed E-state index contributed by atoms with van der Waals surface area (Å²) in [6, 6.07) is 8.48. The number of aldehydes is 1. The number of esters is 1. The number of carbonyl (C=O) groups is 2. The van der Waals surface area contributed by atoms with Crippen LogP contribution in [0.25, 0.3) is 0 Å². The lowest BCUT2D eigenvalue weighted by atomic mass is 9.82. The van der Waals surface area contributed by atoms with Gasteiger partial charge in [-0.25, -0.2) is 0 Å². The number of ether oxygens (including phenoxy) is 1. The Bertz CT molecular complexity index is 870. The molecule has 0 bridgehead atoms. The Labute approximate surface area is 218 Å². The van der Waals surface area contributed by atoms with Crippen LogP contribution in [0.1, 0.15) is 83.8 Å². The Balaban J connectivity index is 2.27. The van der Waals surface area contributed by atoms with Gasteiger partial charge in [0.2, 0.25) is 0 Å². The predicted octanol–water partition coefficient (Wildman–Crippen LogP) is 7.55. The molecule has 35 heavy (non-hydrogen) atoms. The molecule has 1 saturated carbocycles. The first-order valence-corrected chi connectivity index (χ1v) is 16.2. The molecule has 2 rings (SSSR count). The molecule has 4 nitrogen and oxygen atoms in total. The molecule has 0 radical (unpaired) electrons. The minimum atomic E-state index is -1.98. The van der Waals surface area contributed by atoms with Gasteiger partial charge in [-0.15, -0.1) is 11.6 Å². The summed E-state index contributed by atoms with van der Waals surface area (Å²) in [5.74, 6) is 0.287. The number of unbranched alkanes of at least 4 members (excludes halogenated alkanes) is 1. The maximum absolute atomic E-state index is 11.5. The number of allylic oxidation sites excluding steroid dienone is 2. The maximum atomic E-state index is 11.5. The Hall–Kier alpha value is -1.43. The fourth-order valence-electron chi connectivity index (χ4n) is 4.52. The van der Waals surface area contributed by atoms with Crippen LogP contribution in [0.5, 0.6) is 0 Å². The van der Waals surface area contributed by atoms with Crippen molar-refractivity contribution in [3.05, 3.63) is 47.5 Å². The fourth-order valence-corrected chi connectivity index (χ4v) is 6.31. The van der Waals surface area contributed by atoms with Gasteiger partial charge in [-0.3, -0.25) is 4.79 Å². The normalized spacial score (nSPS) is 23.6. The van der Waals surface area contributed by atoms with Crippen LogP contribution in [0.15, 0.2) is 36.4 Å². The maximum Gasteiger partial charge on any atom is 0.305 e. The Kier molecular flexibility index (Phi) is 10.4. The smallest absolute Gasteiger partial charge is 0.305 e. The van der Waals surface area contributed by atoms with E-state index in [0.29, 0.717) is 6.42 Å². The molecule has 1 aromatic carbocycles. The second-order valence-corrected chi connectivity index (χ2v) is 17.3. The van der Waals surface area contributed by atoms with Crippen molar-refractivity contribution in [1.29, 1.82) is 0 Å². The predicted molar refractivity (Wildman–Crippen MR) is 148 cm³/mol. The van der Waals surface area contributed by atoms with E-state index in [9.17, 15) is 9.59 Å². The lowest BCUT2D eigenvalue weighted by molar-refractivity contribution is -0.140. The van der Waals surface area contributed by atoms with Gasteiger partial charge in [0.05, 0.1) is 13.2 Å². The number of hydrogen-bond acceptors (Lipinski definition) is 4. The van der Waals surface area contributed by atoms with E-state index in [2.05, 4.69) is 70.3 Å². The molecule has 0 aromatic heterocycles. The van der Waals surface area contributed by atoms with Crippen LogP contribution in [-0.4, -0.2) is 39.2 Å². The van der Waals surface area contributed by atoms with Crippen LogP contribution in [0.2, 0.25) is 18.1 Å². The van der Waals surface area contributed by atoms with Crippen molar-refractivity contribution in [3.8, 4) is 0 Å². The van der Waals surface area contributed by atoms with Gasteiger partial charge in [-0.1, -0.05) is 57.2 Å². The van der Waals surface area contributed by atoms with Gasteiger partial charge in [-0.2, -0.15) is 0 Å². The molecule has 0 saturated heterocycles. The monoisotopic (exact) mass is 520 g/mol. The molecule has 0 N–H and O–H groups in total. The van der Waals surface area contributed by atoms with Gasteiger partial charge < -0.3 is 14.0 Å². The Morgan fingerprint density at radius 3 is 2.29 bits per heavy atom. The SMILES string of the molecule is COC(=O)CCC/C=C\C[C@@H]1[C@@H](c2ccc(C(C)(C)C=O)cc2)[C@H](O[Si](C)(C)C(C)(C)C)C[C@H]1Cl. The van der Waals surface area contributed by atoms with Crippen molar-refractivity contribution >= 4 is 32.2 Å². The van der Waals surface area contributed by atoms with E-state index in [1.807, 2.05) is 13.8 Å². The Morgan fingerprint density at radius 1 is 1.11 bits per heavy atom. The van der Waals surface area contributed by atoms with Crippen LogP contribution in [-0.2, 0) is 24.2 Å². The van der Waals surface area contributed by atoms with E-state index in [0.717, 1.165) is 37.5 Å². The molecule has 0 amide bonds. The van der Waals surface area contributed by atoms with Gasteiger partial charge in [-0.05, 0) is 74.7 Å². The van der Waals surface area contributed by atoms with Crippen LogP contribution in [0.4, 0.5) is 0 Å². The van der Waals surface area contributed by atoms with Crippen LogP contribution >= 0.6 is 11.6 Å². The van der Waals surface area contributed by atoms with Crippen molar-refractivity contribution in [1.82, 2.24) is 0 Å². The summed E-state index contributed by atoms with van der Waals surface area (Å²) in [6.45, 7) is 15.3. The minimum Gasteiger partial charge on any atom is -0.469 e. The van der Waals surface area contributed by atoms with Gasteiger partial charge >= 0.3 is 5.97 Å². The first-order chi connectivity index (χ1) is 16.2. The number of carbonyl (C=O) groups excluding carboxylic acids is 2. The summed E-state index contributed by atoms with van der Waals surface area (Å²) in [7, 11) is -0.556. The first kappa shape index (κ1) is 29.8. The lowest BCUT2D eigenvalue weighted by Gasteiger charge is -2.40. The van der Waals surface area contributed by atoms with Gasteiger partial charge in [0.25, 0.3) is 0 Å². The molecular weight excluding hydrogens is 476 g/mol. The summed E-state index contributed by atoms with van der Waals surface area (Å²) in [5.41, 5.74) is 1.74. The van der Waals surface area contributed by atoms with E-state index in [4.69, 9.17) is 20.8 Å². The number of benzene rings is 1. The number of rotatable bonds is 11. The zero-order valence-electron chi connectivity index (χ0n) is 22.9. The third-order valence-electron chi connectivity index (χ3n) is 7.92. The molecule has 1 fully saturated rings. The second kappa shape index (κ2) is 12.2. The summed E-state index contributed by atoms with van der Waals surface area (Å²) < 4.78 is 11.7. The molecule has 196 valence electrons. The fraction of sp³-hybridized carbons (Fsp3) is 0.655. The highest BCUT2D eigenvalue weighted by Gasteiger charge is 2.48. The van der Waals surface area contributed by atoms with Gasteiger partial charge in [0.15, 0.2) is 8.32 Å². The van der Waals surface area contributed by atoms with Crippen molar-refractivity contribution in [2.24, 2.45) is 5.92 Å². The molecule has 1 aliphatic rings. The van der Waals surface area contributed by atoms with E-state index in [1.165, 1.54) is 12.7 Å². The lowest BCUT2D eigenvalue weighted by Crippen LogP contribution is -2.44. The summed E-state index contributed by atoms with van der Waals surface area (Å²) in [5, 5.41) is 0.148. The average Bonchev–Trinajstić information content (AvgIpc) is 3.09. The molecule has 6 heteroatoms. The minimum absolute atomic E-state index is 0.0283. The van der Waals surface area contributed by atoms with E-state index >= 15 is 0 Å². The molecule has 1 aromatic rings. The number of halogens is 1. The largest absolute Gasteiger partial charge is 0.469 e. The first-order valence-electron chi connectivity index (χ1n) is 12.8. The number of hydrogen-bond donors (Lipinski definition) is 0. The molecule has 0 aliphatic heterocycles. The highest BCUT2D eigenvalue weighted by atomic mass is 35.5. The van der Waals surface area contributed by atoms with Gasteiger partial charge in [0.1, 0.15) is 6.29 Å². The second-order valence-electron chi connectivity index (χ2n) is 12.0. The molecule has 0 heterocycles. The summed E-state index contributed by atoms with van der Waals surface area (Å²) in [6.07, 6.45) is 9.22. The number of methoxy groups -OCH3 is 1. The molecule has 1 aliphatic carbocycles. The highest BCUT2D eigenvalue weighted by Crippen LogP contribution is 2.49. The Morgan fingerprint density at radius 2 is 1.74 bits per heavy atom. The average molecular weight is 521 g/mol. The van der Waals surface area contributed by atoms with Gasteiger partial charge in [0, 0.05) is 23.1 Å². The van der Waals surface area contributed by atoms with E-state index < -0.39 is 13.7 Å². The van der Waals surface area contributed by atoms with Crippen LogP contribution in [0.3, 0.4) is 0 Å². The molecular formula is C29H45ClO4Si. The molecule has 0 unspecified atom stereocenters. The zero-order chi connectivity index (χ0) is 26.4. The summed E-state index contributed by atoms with van der Waals surface area (Å²) in [4.78, 5) is 22.9. The third-order valence-corrected chi connectivity index (χ3v) is 12.9. The standard InChI is InChI=1S/C29H45ClO4Si/c1-28(2,3)35(7,8)34-25-19-24(30)23(13-11-9-10-12-14-26(32)33-6)27(25)21-15-17-22(18-16-21)29(4,5)20-31/h9,11,15-18,20,23-25,27H,10,12-14,19H2,1-8H3/b11-9-/t23-,24+,25+,27+/m0/s1. The molecule has 4 atom stereocenters.